The van der Waals surface area contributed by atoms with E-state index in [1.165, 1.54) is 6.20 Å². The third-order valence-electron chi connectivity index (χ3n) is 9.54. The normalized spacial score (nSPS) is 14.9. The van der Waals surface area contributed by atoms with Crippen molar-refractivity contribution in [1.82, 2.24) is 19.6 Å². The number of carbonyl (C=O) groups excluding carboxylic acids is 2. The fraction of sp³-hybridized carbons (Fsp3) is 0.262. The smallest absolute Gasteiger partial charge is 0.326 e. The van der Waals surface area contributed by atoms with Crippen molar-refractivity contribution < 1.29 is 24.2 Å². The van der Waals surface area contributed by atoms with E-state index in [1.54, 1.807) is 25.4 Å². The number of fused-ring (bicyclic) bond motifs is 1. The summed E-state index contributed by atoms with van der Waals surface area (Å²) < 4.78 is 13.8. The Morgan fingerprint density at radius 1 is 0.868 bits per heavy atom. The lowest BCUT2D eigenvalue weighted by Crippen LogP contribution is -2.62. The van der Waals surface area contributed by atoms with Crippen LogP contribution in [0.4, 0.5) is 5.95 Å². The summed E-state index contributed by atoms with van der Waals surface area (Å²) in [5.74, 6) is -0.531. The molecule has 1 saturated heterocycles. The van der Waals surface area contributed by atoms with Gasteiger partial charge < -0.3 is 14.6 Å². The lowest BCUT2D eigenvalue weighted by atomic mass is 9.63. The second kappa shape index (κ2) is 15.0. The molecule has 1 amide bonds. The summed E-state index contributed by atoms with van der Waals surface area (Å²) in [6, 6.07) is 37.1. The van der Waals surface area contributed by atoms with Crippen molar-refractivity contribution in [3.63, 3.8) is 0 Å². The van der Waals surface area contributed by atoms with Crippen LogP contribution in [-0.4, -0.2) is 62.4 Å². The van der Waals surface area contributed by atoms with Crippen LogP contribution in [0.5, 0.6) is 6.01 Å². The molecule has 6 aromatic rings. The molecule has 7 rings (SSSR count). The van der Waals surface area contributed by atoms with E-state index in [9.17, 15) is 14.7 Å². The molecule has 0 bridgehead atoms. The SMILES string of the molecule is CC(C)(C)C(=O)Oc1ncc2nc(NC(=O)Cc3ccccc3)n(N3CCOCC3C(c3ccccc3)(c3ccccc3)c3ccccc3CO)c2n1. The maximum atomic E-state index is 13.7. The van der Waals surface area contributed by atoms with Gasteiger partial charge in [0, 0.05) is 0 Å². The average molecular weight is 711 g/mol. The Labute approximate surface area is 308 Å². The number of morpholine rings is 1. The van der Waals surface area contributed by atoms with E-state index in [4.69, 9.17) is 19.4 Å². The number of esters is 1. The number of nitrogens with zero attached hydrogens (tertiary/aromatic N) is 5. The fourth-order valence-electron chi connectivity index (χ4n) is 7.08. The van der Waals surface area contributed by atoms with Gasteiger partial charge in [0.05, 0.1) is 55.9 Å². The van der Waals surface area contributed by atoms with Crippen molar-refractivity contribution in [3.8, 4) is 6.01 Å². The van der Waals surface area contributed by atoms with Gasteiger partial charge in [0.1, 0.15) is 5.52 Å². The average Bonchev–Trinajstić information content (AvgIpc) is 3.53. The monoisotopic (exact) mass is 710 g/mol. The van der Waals surface area contributed by atoms with Crippen LogP contribution in [0, 0.1) is 5.41 Å². The standard InChI is InChI=1S/C42H42N6O5/c1-41(2,3)38(51)53-40-43-26-34-37(46-40)48(39(44-34)45-36(50)25-29-15-7-4-8-16-29)47-23-24-52-28-35(47)42(31-18-9-5-10-19-31,32-20-11-6-12-21-32)33-22-14-13-17-30(33)27-49/h4-22,26,35,49H,23-25,27-28H2,1-3H3,(H,44,45,50). The Morgan fingerprint density at radius 3 is 2.13 bits per heavy atom. The minimum Gasteiger partial charge on any atom is -0.392 e. The summed E-state index contributed by atoms with van der Waals surface area (Å²) in [4.78, 5) is 40.6. The van der Waals surface area contributed by atoms with E-state index >= 15 is 0 Å². The lowest BCUT2D eigenvalue weighted by molar-refractivity contribution is -0.143. The van der Waals surface area contributed by atoms with Gasteiger partial charge in [-0.05, 0) is 48.6 Å². The molecule has 270 valence electrons. The lowest BCUT2D eigenvalue weighted by Gasteiger charge is -2.50. The van der Waals surface area contributed by atoms with Crippen LogP contribution in [0.2, 0.25) is 0 Å². The maximum absolute atomic E-state index is 13.7. The van der Waals surface area contributed by atoms with Crippen LogP contribution in [0.25, 0.3) is 11.2 Å². The summed E-state index contributed by atoms with van der Waals surface area (Å²) in [7, 11) is 0. The number of aliphatic hydroxyl groups excluding tert-OH is 1. The predicted octanol–water partition coefficient (Wildman–Crippen LogP) is 5.82. The number of imidazole rings is 1. The Bertz CT molecular complexity index is 2160. The third-order valence-corrected chi connectivity index (χ3v) is 9.54. The molecule has 1 aliphatic heterocycles. The number of anilines is 1. The highest BCUT2D eigenvalue weighted by Gasteiger charge is 2.50. The molecule has 3 heterocycles. The summed E-state index contributed by atoms with van der Waals surface area (Å²) in [6.45, 7) is 6.09. The van der Waals surface area contributed by atoms with Crippen molar-refractivity contribution in [2.75, 3.05) is 30.1 Å². The minimum atomic E-state index is -0.932. The number of nitrogens with one attached hydrogen (secondary N) is 1. The van der Waals surface area contributed by atoms with Gasteiger partial charge in [-0.25, -0.2) is 14.6 Å². The molecule has 11 heteroatoms. The van der Waals surface area contributed by atoms with Gasteiger partial charge in [0.15, 0.2) is 5.65 Å². The number of amides is 1. The van der Waals surface area contributed by atoms with E-state index in [0.29, 0.717) is 24.3 Å². The molecule has 0 aliphatic carbocycles. The van der Waals surface area contributed by atoms with Gasteiger partial charge in [0.25, 0.3) is 0 Å². The Morgan fingerprint density at radius 2 is 1.49 bits per heavy atom. The van der Waals surface area contributed by atoms with Crippen molar-refractivity contribution >= 4 is 29.0 Å². The summed E-state index contributed by atoms with van der Waals surface area (Å²) in [6.07, 6.45) is 1.62. The van der Waals surface area contributed by atoms with Crippen LogP contribution >= 0.6 is 0 Å². The van der Waals surface area contributed by atoms with E-state index < -0.39 is 22.8 Å². The number of hydrogen-bond donors (Lipinski definition) is 2. The van der Waals surface area contributed by atoms with Gasteiger partial charge in [0.2, 0.25) is 11.9 Å². The van der Waals surface area contributed by atoms with Gasteiger partial charge in [-0.2, -0.15) is 4.98 Å². The van der Waals surface area contributed by atoms with Crippen LogP contribution in [0.3, 0.4) is 0 Å². The number of benzene rings is 4. The molecular weight excluding hydrogens is 668 g/mol. The molecule has 0 spiro atoms. The van der Waals surface area contributed by atoms with E-state index in [2.05, 4.69) is 45.6 Å². The Hall–Kier alpha value is -5.91. The first kappa shape index (κ1) is 35.5. The Kier molecular flexibility index (Phi) is 10.0. The zero-order chi connectivity index (χ0) is 37.0. The molecule has 2 N–H and O–H groups in total. The predicted molar refractivity (Wildman–Crippen MR) is 202 cm³/mol. The van der Waals surface area contributed by atoms with Gasteiger partial charge in [-0.3, -0.25) is 19.9 Å². The van der Waals surface area contributed by atoms with Crippen LogP contribution in [0.1, 0.15) is 48.6 Å². The van der Waals surface area contributed by atoms with Crippen molar-refractivity contribution in [3.05, 3.63) is 149 Å². The highest BCUT2D eigenvalue weighted by Crippen LogP contribution is 2.46. The molecule has 1 atom stereocenters. The van der Waals surface area contributed by atoms with Crippen LogP contribution in [0.15, 0.2) is 121 Å². The Balaban J connectivity index is 1.47. The molecule has 11 nitrogen and oxygen atoms in total. The quantitative estimate of drug-likeness (QED) is 0.133. The summed E-state index contributed by atoms with van der Waals surface area (Å²) in [5, 5.41) is 16.0. The first-order chi connectivity index (χ1) is 25.7. The van der Waals surface area contributed by atoms with Crippen molar-refractivity contribution in [1.29, 1.82) is 0 Å². The molecule has 1 unspecified atom stereocenters. The summed E-state index contributed by atoms with van der Waals surface area (Å²) >= 11 is 0. The topological polar surface area (TPSA) is 132 Å². The van der Waals surface area contributed by atoms with E-state index in [0.717, 1.165) is 27.8 Å². The maximum Gasteiger partial charge on any atom is 0.326 e. The minimum absolute atomic E-state index is 0.124. The number of aromatic nitrogens is 4. The zero-order valence-corrected chi connectivity index (χ0v) is 30.0. The number of rotatable bonds is 10. The molecule has 53 heavy (non-hydrogen) atoms. The second-order valence-electron chi connectivity index (χ2n) is 14.1. The largest absolute Gasteiger partial charge is 0.392 e. The molecule has 1 aliphatic rings. The molecule has 1 fully saturated rings. The van der Waals surface area contributed by atoms with Gasteiger partial charge in [-0.15, -0.1) is 0 Å². The number of aliphatic hydroxyl groups is 1. The highest BCUT2D eigenvalue weighted by molar-refractivity contribution is 5.92. The van der Waals surface area contributed by atoms with Gasteiger partial charge in [-0.1, -0.05) is 115 Å². The first-order valence-electron chi connectivity index (χ1n) is 17.7. The molecule has 0 saturated carbocycles. The number of hydrogen-bond acceptors (Lipinski definition) is 9. The molecule has 4 aromatic carbocycles. The second-order valence-corrected chi connectivity index (χ2v) is 14.1. The fourth-order valence-corrected chi connectivity index (χ4v) is 7.08. The first-order valence-corrected chi connectivity index (χ1v) is 17.7. The number of ether oxygens (including phenoxy) is 2. The van der Waals surface area contributed by atoms with Crippen molar-refractivity contribution in [2.24, 2.45) is 5.41 Å². The molecule has 2 aromatic heterocycles. The van der Waals surface area contributed by atoms with Gasteiger partial charge >= 0.3 is 12.0 Å². The highest BCUT2D eigenvalue weighted by atomic mass is 16.5. The van der Waals surface area contributed by atoms with E-state index in [-0.39, 0.29) is 37.5 Å². The van der Waals surface area contributed by atoms with E-state index in [1.807, 2.05) is 84.9 Å². The number of carbonyl (C=O) groups is 2. The van der Waals surface area contributed by atoms with Crippen molar-refractivity contribution in [2.45, 2.75) is 45.3 Å². The zero-order valence-electron chi connectivity index (χ0n) is 30.0. The van der Waals surface area contributed by atoms with Crippen LogP contribution < -0.4 is 15.1 Å². The molecule has 0 radical (unpaired) electrons. The third kappa shape index (κ3) is 7.01. The summed E-state index contributed by atoms with van der Waals surface area (Å²) in [5.41, 5.74) is 3.45. The van der Waals surface area contributed by atoms with Crippen LogP contribution in [-0.2, 0) is 32.8 Å². The molecular formula is C42H42N6O5.